The van der Waals surface area contributed by atoms with Gasteiger partial charge in [-0.1, -0.05) is 0 Å². The minimum absolute atomic E-state index is 0.0368. The van der Waals surface area contributed by atoms with Gasteiger partial charge in [-0.2, -0.15) is 11.3 Å². The van der Waals surface area contributed by atoms with Crippen LogP contribution < -0.4 is 5.32 Å². The Kier molecular flexibility index (Phi) is 4.34. The molecule has 1 aromatic heterocycles. The first kappa shape index (κ1) is 14.5. The Balaban J connectivity index is 1.95. The second-order valence-electron chi connectivity index (χ2n) is 4.85. The van der Waals surface area contributed by atoms with E-state index in [1.54, 1.807) is 19.9 Å². The van der Waals surface area contributed by atoms with E-state index in [2.05, 4.69) is 5.32 Å². The fourth-order valence-electron chi connectivity index (χ4n) is 2.07. The molecule has 1 N–H and O–H groups in total. The third kappa shape index (κ3) is 3.14. The van der Waals surface area contributed by atoms with E-state index in [1.807, 2.05) is 16.8 Å². The maximum absolute atomic E-state index is 12.0. The highest BCUT2D eigenvalue weighted by atomic mass is 32.1. The summed E-state index contributed by atoms with van der Waals surface area (Å²) in [6, 6.07) is 0.960. The molecule has 1 saturated heterocycles. The van der Waals surface area contributed by atoms with Gasteiger partial charge in [-0.3, -0.25) is 19.3 Å². The predicted octanol–water partition coefficient (Wildman–Crippen LogP) is 1.41. The molecule has 6 heteroatoms. The van der Waals surface area contributed by atoms with Crippen LogP contribution in [0.3, 0.4) is 0 Å². The molecule has 5 nitrogen and oxygen atoms in total. The normalized spacial score (nSPS) is 19.4. The van der Waals surface area contributed by atoms with Gasteiger partial charge in [0, 0.05) is 12.1 Å². The summed E-state index contributed by atoms with van der Waals surface area (Å²) in [5.74, 6) is -0.938. The van der Waals surface area contributed by atoms with Crippen molar-refractivity contribution >= 4 is 35.1 Å². The summed E-state index contributed by atoms with van der Waals surface area (Å²) in [5, 5.41) is 6.40. The lowest BCUT2D eigenvalue weighted by Gasteiger charge is -2.18. The maximum atomic E-state index is 12.0. The summed E-state index contributed by atoms with van der Waals surface area (Å²) >= 11 is 1.54. The molecular formula is C14H16N2O3S. The van der Waals surface area contributed by atoms with Crippen LogP contribution in [0.4, 0.5) is 0 Å². The zero-order valence-corrected chi connectivity index (χ0v) is 12.1. The Morgan fingerprint density at radius 3 is 2.80 bits per heavy atom. The summed E-state index contributed by atoms with van der Waals surface area (Å²) in [6.45, 7) is 3.55. The Morgan fingerprint density at radius 1 is 1.50 bits per heavy atom. The van der Waals surface area contributed by atoms with Gasteiger partial charge >= 0.3 is 0 Å². The summed E-state index contributed by atoms with van der Waals surface area (Å²) in [7, 11) is 0. The lowest BCUT2D eigenvalue weighted by Crippen LogP contribution is -2.43. The largest absolute Gasteiger partial charge is 0.340 e. The number of rotatable bonds is 4. The number of imide groups is 1. The van der Waals surface area contributed by atoms with E-state index in [-0.39, 0.29) is 30.2 Å². The molecule has 20 heavy (non-hydrogen) atoms. The van der Waals surface area contributed by atoms with Crippen LogP contribution in [0.5, 0.6) is 0 Å². The van der Waals surface area contributed by atoms with E-state index in [1.165, 1.54) is 22.3 Å². The molecule has 1 atom stereocenters. The van der Waals surface area contributed by atoms with Gasteiger partial charge in [-0.25, -0.2) is 0 Å². The number of amides is 3. The van der Waals surface area contributed by atoms with Crippen LogP contribution in [-0.4, -0.2) is 34.7 Å². The lowest BCUT2D eigenvalue weighted by atomic mass is 10.2. The zero-order chi connectivity index (χ0) is 14.7. The van der Waals surface area contributed by atoms with Crippen molar-refractivity contribution in [2.75, 3.05) is 0 Å². The third-order valence-electron chi connectivity index (χ3n) is 2.99. The van der Waals surface area contributed by atoms with Crippen LogP contribution in [0.2, 0.25) is 0 Å². The SMILES string of the molecule is CC(C)N1C(=O)C[C@H](NC(=O)/C=C/c2ccsc2)C1=O. The molecule has 0 radical (unpaired) electrons. The Bertz CT molecular complexity index is 549. The van der Waals surface area contributed by atoms with Crippen molar-refractivity contribution in [3.63, 3.8) is 0 Å². The molecule has 0 saturated carbocycles. The fraction of sp³-hybridized carbons (Fsp3) is 0.357. The van der Waals surface area contributed by atoms with Crippen molar-refractivity contribution in [1.29, 1.82) is 0 Å². The fourth-order valence-corrected chi connectivity index (χ4v) is 2.70. The Morgan fingerprint density at radius 2 is 2.25 bits per heavy atom. The van der Waals surface area contributed by atoms with E-state index in [4.69, 9.17) is 0 Å². The average molecular weight is 292 g/mol. The molecule has 2 heterocycles. The Hall–Kier alpha value is -1.95. The van der Waals surface area contributed by atoms with Crippen molar-refractivity contribution in [3.8, 4) is 0 Å². The van der Waals surface area contributed by atoms with E-state index in [0.29, 0.717) is 0 Å². The molecule has 2 rings (SSSR count). The smallest absolute Gasteiger partial charge is 0.252 e. The summed E-state index contributed by atoms with van der Waals surface area (Å²) < 4.78 is 0. The van der Waals surface area contributed by atoms with Crippen LogP contribution in [0, 0.1) is 0 Å². The van der Waals surface area contributed by atoms with Gasteiger partial charge in [0.2, 0.25) is 11.8 Å². The molecule has 0 aromatic carbocycles. The van der Waals surface area contributed by atoms with E-state index >= 15 is 0 Å². The average Bonchev–Trinajstić information content (AvgIpc) is 2.96. The summed E-state index contributed by atoms with van der Waals surface area (Å²) in [5.41, 5.74) is 0.933. The van der Waals surface area contributed by atoms with Gasteiger partial charge in [-0.05, 0) is 42.3 Å². The molecule has 0 bridgehead atoms. The first-order valence-electron chi connectivity index (χ1n) is 6.35. The quantitative estimate of drug-likeness (QED) is 0.674. The van der Waals surface area contributed by atoms with Crippen LogP contribution in [-0.2, 0) is 14.4 Å². The van der Waals surface area contributed by atoms with Crippen molar-refractivity contribution < 1.29 is 14.4 Å². The number of hydrogen-bond donors (Lipinski definition) is 1. The minimum Gasteiger partial charge on any atom is -0.340 e. The summed E-state index contributed by atoms with van der Waals surface area (Å²) in [6.07, 6.45) is 3.08. The molecule has 106 valence electrons. The molecule has 1 aliphatic rings. The molecule has 1 fully saturated rings. The predicted molar refractivity (Wildman–Crippen MR) is 76.9 cm³/mol. The van der Waals surface area contributed by atoms with Crippen molar-refractivity contribution in [2.24, 2.45) is 0 Å². The topological polar surface area (TPSA) is 66.5 Å². The Labute approximate surface area is 121 Å². The van der Waals surface area contributed by atoms with Gasteiger partial charge < -0.3 is 5.32 Å². The van der Waals surface area contributed by atoms with Gasteiger partial charge in [0.1, 0.15) is 6.04 Å². The minimum atomic E-state index is -0.746. The van der Waals surface area contributed by atoms with E-state index < -0.39 is 6.04 Å². The highest BCUT2D eigenvalue weighted by Gasteiger charge is 2.40. The number of carbonyl (C=O) groups excluding carboxylic acids is 3. The highest BCUT2D eigenvalue weighted by Crippen LogP contribution is 2.16. The number of thiophene rings is 1. The van der Waals surface area contributed by atoms with Crippen LogP contribution in [0.25, 0.3) is 6.08 Å². The number of nitrogens with one attached hydrogen (secondary N) is 1. The zero-order valence-electron chi connectivity index (χ0n) is 11.3. The van der Waals surface area contributed by atoms with Crippen LogP contribution >= 0.6 is 11.3 Å². The first-order valence-corrected chi connectivity index (χ1v) is 7.30. The standard InChI is InChI=1S/C14H16N2O3S/c1-9(2)16-13(18)7-11(14(16)19)15-12(17)4-3-10-5-6-20-8-10/h3-6,8-9,11H,7H2,1-2H3,(H,15,17)/b4-3+/t11-/m0/s1. The van der Waals surface area contributed by atoms with E-state index in [0.717, 1.165) is 5.56 Å². The van der Waals surface area contributed by atoms with Crippen molar-refractivity contribution in [2.45, 2.75) is 32.4 Å². The second-order valence-corrected chi connectivity index (χ2v) is 5.63. The molecular weight excluding hydrogens is 276 g/mol. The highest BCUT2D eigenvalue weighted by molar-refractivity contribution is 7.08. The number of carbonyl (C=O) groups is 3. The molecule has 1 aromatic rings. The molecule has 0 unspecified atom stereocenters. The number of nitrogens with zero attached hydrogens (tertiary/aromatic N) is 1. The van der Waals surface area contributed by atoms with Crippen molar-refractivity contribution in [1.82, 2.24) is 10.2 Å². The summed E-state index contributed by atoms with van der Waals surface area (Å²) in [4.78, 5) is 36.6. The third-order valence-corrected chi connectivity index (χ3v) is 3.69. The monoisotopic (exact) mass is 292 g/mol. The van der Waals surface area contributed by atoms with Crippen LogP contribution in [0.1, 0.15) is 25.8 Å². The first-order chi connectivity index (χ1) is 9.49. The molecule has 1 aliphatic heterocycles. The maximum Gasteiger partial charge on any atom is 0.252 e. The van der Waals surface area contributed by atoms with Gasteiger partial charge in [0.05, 0.1) is 6.42 Å². The number of hydrogen-bond acceptors (Lipinski definition) is 4. The lowest BCUT2D eigenvalue weighted by molar-refractivity contribution is -0.141. The van der Waals surface area contributed by atoms with E-state index in [9.17, 15) is 14.4 Å². The second kappa shape index (κ2) is 6.00. The van der Waals surface area contributed by atoms with Gasteiger partial charge in [0.15, 0.2) is 0 Å². The molecule has 0 aliphatic carbocycles. The molecule has 3 amide bonds. The van der Waals surface area contributed by atoms with Gasteiger partial charge in [-0.15, -0.1) is 0 Å². The van der Waals surface area contributed by atoms with Crippen molar-refractivity contribution in [3.05, 3.63) is 28.5 Å². The number of likely N-dealkylation sites (tertiary alicyclic amines) is 1. The molecule has 0 spiro atoms. The van der Waals surface area contributed by atoms with Crippen LogP contribution in [0.15, 0.2) is 22.9 Å². The van der Waals surface area contributed by atoms with Gasteiger partial charge in [0.25, 0.3) is 5.91 Å².